The maximum Gasteiger partial charge on any atom is 0.164 e. The molecular weight excluding hydrogens is 591 g/mol. The molecule has 0 saturated heterocycles. The number of rotatable bonds is 7. The minimum absolute atomic E-state index is 0.00443. The molecule has 230 valence electrons. The molecular formula is C41H43N3Si2. The van der Waals surface area contributed by atoms with Crippen LogP contribution in [0.1, 0.15) is 19.4 Å². The minimum atomic E-state index is -2.45. The molecule has 0 amide bonds. The smallest absolute Gasteiger partial charge is 0.164 e. The SMILES string of the molecule is [2H]C([2H])([2H])c1cc(-c2cccc(-c3cccc(-c4nc(-c5ccc([Si](C)(C)C)cc5)nc(-c5ccc([Si](C)(C)C)cc5)n4)c3)c2)cc(C([2H])([2H])[2H])c1. The highest BCUT2D eigenvalue weighted by molar-refractivity contribution is 6.89. The standard InChI is InChI=1S/C41H43N3Si2/c1-28-23-29(2)25-36(24-28)34-13-9-11-32(26-34)33-12-10-14-35(27-33)41-43-39(30-15-19-37(20-16-30)45(3,4)5)42-40(44-41)31-17-21-38(22-18-31)46(6,7)8/h9-27H,1-8H3/i1D3,2D3. The summed E-state index contributed by atoms with van der Waals surface area (Å²) in [5.74, 6) is 1.75. The summed E-state index contributed by atoms with van der Waals surface area (Å²) in [5.41, 5.74) is 5.69. The number of aromatic nitrogens is 3. The van der Waals surface area contributed by atoms with E-state index in [2.05, 4.69) is 87.8 Å². The molecule has 0 saturated carbocycles. The van der Waals surface area contributed by atoms with Crippen LogP contribution in [0.2, 0.25) is 39.3 Å². The summed E-state index contributed by atoms with van der Waals surface area (Å²) in [6.45, 7) is 9.09. The van der Waals surface area contributed by atoms with Crippen LogP contribution in [0.25, 0.3) is 56.4 Å². The van der Waals surface area contributed by atoms with Crippen LogP contribution < -0.4 is 10.4 Å². The summed E-state index contributed by atoms with van der Waals surface area (Å²) in [6, 6.07) is 37.2. The Kier molecular flexibility index (Phi) is 6.66. The van der Waals surface area contributed by atoms with E-state index in [9.17, 15) is 0 Å². The van der Waals surface area contributed by atoms with Crippen molar-refractivity contribution in [3.63, 3.8) is 0 Å². The maximum absolute atomic E-state index is 7.96. The van der Waals surface area contributed by atoms with Gasteiger partial charge in [-0.2, -0.15) is 0 Å². The van der Waals surface area contributed by atoms with Crippen molar-refractivity contribution in [2.24, 2.45) is 0 Å². The zero-order valence-corrected chi connectivity index (χ0v) is 29.3. The second-order valence-corrected chi connectivity index (χ2v) is 24.1. The molecule has 5 heteroatoms. The molecule has 46 heavy (non-hydrogen) atoms. The Balaban J connectivity index is 1.44. The molecule has 0 N–H and O–H groups in total. The molecule has 0 fully saturated rings. The van der Waals surface area contributed by atoms with Crippen LogP contribution >= 0.6 is 0 Å². The van der Waals surface area contributed by atoms with Crippen molar-refractivity contribution in [1.82, 2.24) is 15.0 Å². The molecule has 1 aromatic heterocycles. The molecule has 0 aliphatic rings. The second-order valence-electron chi connectivity index (χ2n) is 13.9. The average Bonchev–Trinajstić information content (AvgIpc) is 3.10. The predicted octanol–water partition coefficient (Wildman–Crippen LogP) is 9.91. The van der Waals surface area contributed by atoms with Crippen molar-refractivity contribution >= 4 is 26.5 Å². The van der Waals surface area contributed by atoms with Gasteiger partial charge in [0.15, 0.2) is 17.5 Å². The normalized spacial score (nSPS) is 14.4. The van der Waals surface area contributed by atoms with E-state index in [1.807, 2.05) is 48.5 Å². The zero-order chi connectivity index (χ0) is 37.6. The van der Waals surface area contributed by atoms with Gasteiger partial charge in [-0.3, -0.25) is 0 Å². The Hall–Kier alpha value is -4.46. The Morgan fingerprint density at radius 1 is 0.391 bits per heavy atom. The van der Waals surface area contributed by atoms with Crippen molar-refractivity contribution in [1.29, 1.82) is 0 Å². The van der Waals surface area contributed by atoms with Gasteiger partial charge in [-0.25, -0.2) is 15.0 Å². The van der Waals surface area contributed by atoms with Crippen molar-refractivity contribution < 1.29 is 8.22 Å². The highest BCUT2D eigenvalue weighted by Gasteiger charge is 2.19. The zero-order valence-electron chi connectivity index (χ0n) is 33.3. The molecule has 0 radical (unpaired) electrons. The largest absolute Gasteiger partial charge is 0.208 e. The molecule has 6 rings (SSSR count). The van der Waals surface area contributed by atoms with Crippen LogP contribution in [0.3, 0.4) is 0 Å². The molecule has 0 spiro atoms. The van der Waals surface area contributed by atoms with Gasteiger partial charge < -0.3 is 0 Å². The van der Waals surface area contributed by atoms with E-state index in [0.717, 1.165) is 27.8 Å². The molecule has 0 aliphatic carbocycles. The summed E-state index contributed by atoms with van der Waals surface area (Å²) in [5, 5.41) is 2.73. The van der Waals surface area contributed by atoms with Crippen LogP contribution in [0.4, 0.5) is 0 Å². The van der Waals surface area contributed by atoms with Gasteiger partial charge in [0.25, 0.3) is 0 Å². The Labute approximate surface area is 284 Å². The summed E-state index contributed by atoms with van der Waals surface area (Å²) >= 11 is 0. The highest BCUT2D eigenvalue weighted by atomic mass is 28.3. The van der Waals surface area contributed by atoms with Gasteiger partial charge in [0.05, 0.1) is 16.1 Å². The first-order valence-corrected chi connectivity index (χ1v) is 22.6. The first-order valence-electron chi connectivity index (χ1n) is 18.6. The molecule has 0 bridgehead atoms. The van der Waals surface area contributed by atoms with Gasteiger partial charge in [-0.1, -0.05) is 164 Å². The number of nitrogens with zero attached hydrogens (tertiary/aromatic N) is 3. The monoisotopic (exact) mass is 639 g/mol. The van der Waals surface area contributed by atoms with Gasteiger partial charge in [0.1, 0.15) is 0 Å². The van der Waals surface area contributed by atoms with Crippen molar-refractivity contribution in [2.75, 3.05) is 0 Å². The van der Waals surface area contributed by atoms with E-state index in [-0.39, 0.29) is 11.1 Å². The fourth-order valence-electron chi connectivity index (χ4n) is 5.51. The lowest BCUT2D eigenvalue weighted by atomic mass is 9.96. The number of hydrogen-bond acceptors (Lipinski definition) is 3. The quantitative estimate of drug-likeness (QED) is 0.163. The minimum Gasteiger partial charge on any atom is -0.208 e. The number of hydrogen-bond donors (Lipinski definition) is 0. The lowest BCUT2D eigenvalue weighted by Gasteiger charge is -2.17. The van der Waals surface area contributed by atoms with E-state index in [1.54, 1.807) is 12.1 Å². The molecule has 6 aromatic rings. The third-order valence-electron chi connectivity index (χ3n) is 8.24. The van der Waals surface area contributed by atoms with Crippen LogP contribution in [-0.2, 0) is 0 Å². The lowest BCUT2D eigenvalue weighted by molar-refractivity contribution is 1.07. The van der Waals surface area contributed by atoms with Crippen molar-refractivity contribution in [2.45, 2.75) is 53.0 Å². The topological polar surface area (TPSA) is 38.7 Å². The van der Waals surface area contributed by atoms with Crippen LogP contribution in [0.15, 0.2) is 115 Å². The molecule has 1 heterocycles. The van der Waals surface area contributed by atoms with Gasteiger partial charge in [0, 0.05) is 24.9 Å². The van der Waals surface area contributed by atoms with Crippen LogP contribution in [0, 0.1) is 13.7 Å². The number of benzene rings is 5. The number of aryl methyl sites for hydroxylation is 2. The Morgan fingerprint density at radius 2 is 0.761 bits per heavy atom. The molecule has 3 nitrogen and oxygen atoms in total. The Bertz CT molecular complexity index is 2130. The van der Waals surface area contributed by atoms with Gasteiger partial charge >= 0.3 is 0 Å². The van der Waals surface area contributed by atoms with Gasteiger partial charge in [0.2, 0.25) is 0 Å². The average molecular weight is 640 g/mol. The van der Waals surface area contributed by atoms with Gasteiger partial charge in [-0.05, 0) is 48.1 Å². The van der Waals surface area contributed by atoms with Crippen molar-refractivity contribution in [3.05, 3.63) is 126 Å². The lowest BCUT2D eigenvalue weighted by Crippen LogP contribution is -2.37. The third kappa shape index (κ3) is 7.01. The van der Waals surface area contributed by atoms with E-state index < -0.39 is 29.9 Å². The van der Waals surface area contributed by atoms with E-state index in [0.29, 0.717) is 28.6 Å². The summed E-state index contributed by atoms with van der Waals surface area (Å²) in [6.07, 6.45) is 0. The molecule has 0 atom stereocenters. The van der Waals surface area contributed by atoms with Gasteiger partial charge in [-0.15, -0.1) is 0 Å². The molecule has 0 aliphatic heterocycles. The van der Waals surface area contributed by atoms with E-state index >= 15 is 0 Å². The molecule has 5 aromatic carbocycles. The second kappa shape index (κ2) is 12.4. The summed E-state index contributed by atoms with van der Waals surface area (Å²) in [7, 11) is -2.98. The third-order valence-corrected chi connectivity index (χ3v) is 12.4. The van der Waals surface area contributed by atoms with E-state index in [1.165, 1.54) is 16.4 Å². The van der Waals surface area contributed by atoms with Crippen molar-refractivity contribution in [3.8, 4) is 56.4 Å². The van der Waals surface area contributed by atoms with Crippen LogP contribution in [0.5, 0.6) is 0 Å². The highest BCUT2D eigenvalue weighted by Crippen LogP contribution is 2.31. The van der Waals surface area contributed by atoms with Crippen LogP contribution in [-0.4, -0.2) is 31.1 Å². The fraction of sp³-hybridized carbons (Fsp3) is 0.195. The summed E-state index contributed by atoms with van der Waals surface area (Å²) in [4.78, 5) is 15.0. The fourth-order valence-corrected chi connectivity index (χ4v) is 7.85. The Morgan fingerprint density at radius 3 is 1.17 bits per heavy atom. The summed E-state index contributed by atoms with van der Waals surface area (Å²) < 4.78 is 47.8. The maximum atomic E-state index is 7.96. The first kappa shape index (κ1) is 24.7. The first-order chi connectivity index (χ1) is 24.3. The molecule has 0 unspecified atom stereocenters. The van der Waals surface area contributed by atoms with E-state index in [4.69, 9.17) is 23.2 Å². The predicted molar refractivity (Wildman–Crippen MR) is 202 cm³/mol.